The Morgan fingerprint density at radius 2 is 2.09 bits per heavy atom. The van der Waals surface area contributed by atoms with Gasteiger partial charge < -0.3 is 15.8 Å². The van der Waals surface area contributed by atoms with E-state index in [-0.39, 0.29) is 29.8 Å². The standard InChI is InChI=1S/C16H22N4O3/c1-23-15(22)16(6-7-16)9-19-14(21)11-8-18-13(20-12(11)17)10-4-2-3-5-10/h8,10H,2-7,9H2,1H3,(H,19,21)(H2,17,18,20). The molecule has 2 aliphatic carbocycles. The lowest BCUT2D eigenvalue weighted by atomic mass is 10.1. The summed E-state index contributed by atoms with van der Waals surface area (Å²) in [7, 11) is 1.36. The molecule has 0 radical (unpaired) electrons. The second-order valence-electron chi connectivity index (χ2n) is 6.46. The van der Waals surface area contributed by atoms with Gasteiger partial charge >= 0.3 is 5.97 Å². The molecule has 0 saturated heterocycles. The number of hydrogen-bond acceptors (Lipinski definition) is 6. The van der Waals surface area contributed by atoms with Gasteiger partial charge in [0.25, 0.3) is 5.91 Å². The Bertz CT molecular complexity index is 622. The molecule has 2 saturated carbocycles. The van der Waals surface area contributed by atoms with Gasteiger partial charge in [-0.3, -0.25) is 9.59 Å². The number of aromatic nitrogens is 2. The van der Waals surface area contributed by atoms with Crippen LogP contribution >= 0.6 is 0 Å². The molecule has 1 amide bonds. The maximum absolute atomic E-state index is 12.3. The average molecular weight is 318 g/mol. The van der Waals surface area contributed by atoms with Gasteiger partial charge in [0.2, 0.25) is 0 Å². The highest BCUT2D eigenvalue weighted by molar-refractivity contribution is 5.98. The summed E-state index contributed by atoms with van der Waals surface area (Å²) in [4.78, 5) is 32.6. The highest BCUT2D eigenvalue weighted by Crippen LogP contribution is 2.46. The van der Waals surface area contributed by atoms with E-state index in [0.717, 1.165) is 31.5 Å². The van der Waals surface area contributed by atoms with Crippen LogP contribution in [0, 0.1) is 5.41 Å². The van der Waals surface area contributed by atoms with Crippen LogP contribution in [0.2, 0.25) is 0 Å². The smallest absolute Gasteiger partial charge is 0.313 e. The molecule has 23 heavy (non-hydrogen) atoms. The normalized spacial score (nSPS) is 19.3. The van der Waals surface area contributed by atoms with Crippen LogP contribution in [0.3, 0.4) is 0 Å². The van der Waals surface area contributed by atoms with E-state index in [4.69, 9.17) is 10.5 Å². The van der Waals surface area contributed by atoms with E-state index in [1.54, 1.807) is 0 Å². The minimum absolute atomic E-state index is 0.197. The number of nitrogens with two attached hydrogens (primary N) is 1. The lowest BCUT2D eigenvalue weighted by Crippen LogP contribution is -2.35. The number of hydrogen-bond donors (Lipinski definition) is 2. The Labute approximate surface area is 135 Å². The van der Waals surface area contributed by atoms with Crippen molar-refractivity contribution in [3.05, 3.63) is 17.6 Å². The van der Waals surface area contributed by atoms with Crippen LogP contribution in [-0.2, 0) is 9.53 Å². The SMILES string of the molecule is COC(=O)C1(CNC(=O)c2cnc(C3CCCC3)nc2N)CC1. The van der Waals surface area contributed by atoms with Crippen LogP contribution in [-0.4, -0.2) is 35.5 Å². The van der Waals surface area contributed by atoms with Crippen molar-refractivity contribution in [2.75, 3.05) is 19.4 Å². The molecule has 0 unspecified atom stereocenters. The monoisotopic (exact) mass is 318 g/mol. The number of ether oxygens (including phenoxy) is 1. The first-order chi connectivity index (χ1) is 11.1. The highest BCUT2D eigenvalue weighted by Gasteiger charge is 2.51. The van der Waals surface area contributed by atoms with Crippen molar-refractivity contribution in [3.8, 4) is 0 Å². The summed E-state index contributed by atoms with van der Waals surface area (Å²) in [6.45, 7) is 0.252. The van der Waals surface area contributed by atoms with Crippen molar-refractivity contribution < 1.29 is 14.3 Å². The number of amides is 1. The van der Waals surface area contributed by atoms with Crippen LogP contribution in [0.25, 0.3) is 0 Å². The van der Waals surface area contributed by atoms with Gasteiger partial charge in [-0.05, 0) is 25.7 Å². The van der Waals surface area contributed by atoms with Crippen molar-refractivity contribution in [2.24, 2.45) is 5.41 Å². The van der Waals surface area contributed by atoms with Gasteiger partial charge in [-0.2, -0.15) is 0 Å². The van der Waals surface area contributed by atoms with Crippen LogP contribution in [0.15, 0.2) is 6.20 Å². The molecule has 1 aromatic heterocycles. The first-order valence-electron chi connectivity index (χ1n) is 8.05. The summed E-state index contributed by atoms with van der Waals surface area (Å²) >= 11 is 0. The third-order valence-electron chi connectivity index (χ3n) is 4.86. The Kier molecular flexibility index (Phi) is 4.19. The maximum atomic E-state index is 12.3. The largest absolute Gasteiger partial charge is 0.469 e. The van der Waals surface area contributed by atoms with Crippen LogP contribution in [0.4, 0.5) is 5.82 Å². The Balaban J connectivity index is 1.64. The molecular formula is C16H22N4O3. The molecule has 124 valence electrons. The van der Waals surface area contributed by atoms with E-state index >= 15 is 0 Å². The number of nitrogen functional groups attached to an aromatic ring is 1. The molecule has 1 heterocycles. The first kappa shape index (κ1) is 15.7. The van der Waals surface area contributed by atoms with Gasteiger partial charge in [0.1, 0.15) is 11.6 Å². The molecular weight excluding hydrogens is 296 g/mol. The minimum Gasteiger partial charge on any atom is -0.469 e. The van der Waals surface area contributed by atoms with E-state index in [0.29, 0.717) is 5.92 Å². The molecule has 0 aromatic carbocycles. The van der Waals surface area contributed by atoms with E-state index in [1.165, 1.54) is 26.1 Å². The van der Waals surface area contributed by atoms with Crippen molar-refractivity contribution in [1.29, 1.82) is 0 Å². The minimum atomic E-state index is -0.566. The van der Waals surface area contributed by atoms with Crippen LogP contribution in [0.1, 0.15) is 60.6 Å². The summed E-state index contributed by atoms with van der Waals surface area (Å²) < 4.78 is 4.77. The summed E-state index contributed by atoms with van der Waals surface area (Å²) in [5, 5.41) is 2.75. The summed E-state index contributed by atoms with van der Waals surface area (Å²) in [5.74, 6) is 0.643. The summed E-state index contributed by atoms with van der Waals surface area (Å²) in [5.41, 5.74) is 5.62. The fourth-order valence-electron chi connectivity index (χ4n) is 3.13. The summed E-state index contributed by atoms with van der Waals surface area (Å²) in [6.07, 6.45) is 7.47. The van der Waals surface area contributed by atoms with Gasteiger partial charge in [-0.25, -0.2) is 9.97 Å². The number of carbonyl (C=O) groups is 2. The van der Waals surface area contributed by atoms with Gasteiger partial charge in [0.05, 0.1) is 18.1 Å². The van der Waals surface area contributed by atoms with Gasteiger partial charge in [0, 0.05) is 18.7 Å². The fourth-order valence-corrected chi connectivity index (χ4v) is 3.13. The Morgan fingerprint density at radius 1 is 1.39 bits per heavy atom. The number of carbonyl (C=O) groups excluding carboxylic acids is 2. The fraction of sp³-hybridized carbons (Fsp3) is 0.625. The molecule has 7 heteroatoms. The van der Waals surface area contributed by atoms with Crippen LogP contribution in [0.5, 0.6) is 0 Å². The molecule has 2 fully saturated rings. The molecule has 0 atom stereocenters. The second kappa shape index (κ2) is 6.14. The molecule has 0 bridgehead atoms. The summed E-state index contributed by atoms with van der Waals surface area (Å²) in [6, 6.07) is 0. The Morgan fingerprint density at radius 3 is 2.65 bits per heavy atom. The lowest BCUT2D eigenvalue weighted by Gasteiger charge is -2.14. The number of nitrogens with zero attached hydrogens (tertiary/aromatic N) is 2. The second-order valence-corrected chi connectivity index (χ2v) is 6.46. The molecule has 1 aromatic rings. The number of anilines is 1. The maximum Gasteiger partial charge on any atom is 0.313 e. The number of esters is 1. The van der Waals surface area contributed by atoms with Gasteiger partial charge in [0.15, 0.2) is 0 Å². The predicted molar refractivity (Wildman–Crippen MR) is 83.7 cm³/mol. The molecule has 3 rings (SSSR count). The van der Waals surface area contributed by atoms with Crippen molar-refractivity contribution in [2.45, 2.75) is 44.4 Å². The van der Waals surface area contributed by atoms with E-state index in [2.05, 4.69) is 15.3 Å². The zero-order valence-corrected chi connectivity index (χ0v) is 13.3. The molecule has 7 nitrogen and oxygen atoms in total. The predicted octanol–water partition coefficient (Wildman–Crippen LogP) is 1.40. The van der Waals surface area contributed by atoms with E-state index in [1.807, 2.05) is 0 Å². The molecule has 0 aliphatic heterocycles. The Hall–Kier alpha value is -2.18. The third kappa shape index (κ3) is 3.13. The molecule has 3 N–H and O–H groups in total. The number of rotatable bonds is 5. The van der Waals surface area contributed by atoms with E-state index in [9.17, 15) is 9.59 Å². The zero-order valence-electron chi connectivity index (χ0n) is 13.3. The zero-order chi connectivity index (χ0) is 16.4. The van der Waals surface area contributed by atoms with Gasteiger partial charge in [-0.1, -0.05) is 12.8 Å². The lowest BCUT2D eigenvalue weighted by molar-refractivity contribution is -0.146. The van der Waals surface area contributed by atoms with Crippen molar-refractivity contribution in [3.63, 3.8) is 0 Å². The van der Waals surface area contributed by atoms with Crippen LogP contribution < -0.4 is 11.1 Å². The quantitative estimate of drug-likeness (QED) is 0.795. The first-order valence-corrected chi connectivity index (χ1v) is 8.05. The third-order valence-corrected chi connectivity index (χ3v) is 4.86. The van der Waals surface area contributed by atoms with Gasteiger partial charge in [-0.15, -0.1) is 0 Å². The average Bonchev–Trinajstić information content (AvgIpc) is 3.15. The number of nitrogens with one attached hydrogen (secondary N) is 1. The van der Waals surface area contributed by atoms with Crippen molar-refractivity contribution in [1.82, 2.24) is 15.3 Å². The molecule has 0 spiro atoms. The number of methoxy groups -OCH3 is 1. The highest BCUT2D eigenvalue weighted by atomic mass is 16.5. The van der Waals surface area contributed by atoms with Crippen molar-refractivity contribution >= 4 is 17.7 Å². The van der Waals surface area contributed by atoms with E-state index < -0.39 is 5.41 Å². The molecule has 2 aliphatic rings. The topological polar surface area (TPSA) is 107 Å².